The molecular formula is C18H18N6O. The van der Waals surface area contributed by atoms with Crippen LogP contribution in [-0.4, -0.2) is 26.8 Å². The zero-order valence-corrected chi connectivity index (χ0v) is 13.9. The predicted octanol–water partition coefficient (Wildman–Crippen LogP) is 1.43. The lowest BCUT2D eigenvalue weighted by Gasteiger charge is -2.13. The first-order valence-corrected chi connectivity index (χ1v) is 8.15. The first kappa shape index (κ1) is 15.3. The lowest BCUT2D eigenvalue weighted by Crippen LogP contribution is -2.28. The lowest BCUT2D eigenvalue weighted by atomic mass is 10.1. The summed E-state index contributed by atoms with van der Waals surface area (Å²) in [6.07, 6.45) is 0.723. The van der Waals surface area contributed by atoms with Gasteiger partial charge in [0, 0.05) is 18.4 Å². The first-order chi connectivity index (χ1) is 12.1. The molecule has 3 N–H and O–H groups in total. The number of hydrazone groups is 1. The van der Waals surface area contributed by atoms with E-state index in [-0.39, 0.29) is 11.5 Å². The monoisotopic (exact) mass is 334 g/mol. The molecule has 0 amide bonds. The van der Waals surface area contributed by atoms with Crippen LogP contribution in [0, 0.1) is 6.92 Å². The number of rotatable bonds is 3. The highest BCUT2D eigenvalue weighted by atomic mass is 16.1. The van der Waals surface area contributed by atoms with Gasteiger partial charge >= 0.3 is 0 Å². The van der Waals surface area contributed by atoms with E-state index < -0.39 is 0 Å². The van der Waals surface area contributed by atoms with Crippen molar-refractivity contribution in [2.24, 2.45) is 5.10 Å². The summed E-state index contributed by atoms with van der Waals surface area (Å²) in [4.78, 5) is 21.7. The largest absolute Gasteiger partial charge is 0.368 e. The van der Waals surface area contributed by atoms with Crippen LogP contribution < -0.4 is 16.7 Å². The Bertz CT molecular complexity index is 1040. The second-order valence-electron chi connectivity index (χ2n) is 6.06. The Labute approximate surface area is 144 Å². The quantitative estimate of drug-likeness (QED) is 0.755. The molecule has 126 valence electrons. The van der Waals surface area contributed by atoms with Gasteiger partial charge in [-0.25, -0.2) is 4.98 Å². The van der Waals surface area contributed by atoms with E-state index in [0.29, 0.717) is 17.8 Å². The van der Waals surface area contributed by atoms with Crippen molar-refractivity contribution in [3.8, 4) is 0 Å². The van der Waals surface area contributed by atoms with Crippen molar-refractivity contribution < 1.29 is 0 Å². The van der Waals surface area contributed by atoms with Crippen molar-refractivity contribution in [2.45, 2.75) is 19.9 Å². The van der Waals surface area contributed by atoms with Crippen molar-refractivity contribution in [1.29, 1.82) is 0 Å². The molecule has 0 saturated carbocycles. The fraction of sp³-hybridized carbons (Fsp3) is 0.222. The number of nitrogens with zero attached hydrogens (tertiary/aromatic N) is 4. The molecular weight excluding hydrogens is 316 g/mol. The molecule has 1 aromatic carbocycles. The molecule has 1 aliphatic heterocycles. The minimum absolute atomic E-state index is 0.115. The molecule has 0 spiro atoms. The number of aromatic nitrogens is 3. The van der Waals surface area contributed by atoms with Gasteiger partial charge in [-0.2, -0.15) is 10.1 Å². The van der Waals surface area contributed by atoms with Gasteiger partial charge in [0.15, 0.2) is 0 Å². The summed E-state index contributed by atoms with van der Waals surface area (Å²) in [6.45, 7) is 3.03. The van der Waals surface area contributed by atoms with Crippen LogP contribution in [0.25, 0.3) is 11.0 Å². The maximum Gasteiger partial charge on any atom is 0.261 e. The second kappa shape index (κ2) is 6.01. The van der Waals surface area contributed by atoms with Crippen LogP contribution in [0.4, 0.5) is 5.95 Å². The fourth-order valence-electron chi connectivity index (χ4n) is 3.11. The number of hydrogen-bond acceptors (Lipinski definition) is 6. The van der Waals surface area contributed by atoms with Gasteiger partial charge in [0.1, 0.15) is 5.65 Å². The van der Waals surface area contributed by atoms with Crippen LogP contribution in [0.5, 0.6) is 0 Å². The zero-order chi connectivity index (χ0) is 17.4. The van der Waals surface area contributed by atoms with E-state index in [0.717, 1.165) is 35.3 Å². The standard InChI is InChI=1S/C18H18N6O/c1-11-13-9-14(15-7-8-20-23-15)17(25)24(16(13)22-18(19)21-11)10-12-5-3-2-4-6-12/h2-6,9,20H,7-8,10H2,1H3,(H2,19,21,22). The van der Waals surface area contributed by atoms with Crippen molar-refractivity contribution in [3.05, 3.63) is 63.6 Å². The summed E-state index contributed by atoms with van der Waals surface area (Å²) in [7, 11) is 0. The molecule has 4 rings (SSSR count). The van der Waals surface area contributed by atoms with E-state index in [9.17, 15) is 4.79 Å². The Hall–Kier alpha value is -3.22. The Morgan fingerprint density at radius 3 is 2.76 bits per heavy atom. The van der Waals surface area contributed by atoms with Crippen LogP contribution in [-0.2, 0) is 6.54 Å². The third kappa shape index (κ3) is 2.73. The summed E-state index contributed by atoms with van der Waals surface area (Å²) in [6, 6.07) is 11.6. The van der Waals surface area contributed by atoms with Gasteiger partial charge in [-0.15, -0.1) is 0 Å². The number of pyridine rings is 1. The summed E-state index contributed by atoms with van der Waals surface area (Å²) < 4.78 is 1.66. The van der Waals surface area contributed by atoms with Crippen molar-refractivity contribution >= 4 is 22.7 Å². The summed E-state index contributed by atoms with van der Waals surface area (Å²) >= 11 is 0. The van der Waals surface area contributed by atoms with Crippen molar-refractivity contribution in [3.63, 3.8) is 0 Å². The molecule has 0 aliphatic carbocycles. The lowest BCUT2D eigenvalue weighted by molar-refractivity contribution is 0.779. The summed E-state index contributed by atoms with van der Waals surface area (Å²) in [5.41, 5.74) is 12.3. The normalized spacial score (nSPS) is 13.7. The second-order valence-corrected chi connectivity index (χ2v) is 6.06. The highest BCUT2D eigenvalue weighted by Gasteiger charge is 2.19. The van der Waals surface area contributed by atoms with Gasteiger partial charge in [-0.1, -0.05) is 30.3 Å². The number of nitrogens with two attached hydrogens (primary N) is 1. The van der Waals surface area contributed by atoms with Gasteiger partial charge in [0.05, 0.1) is 23.5 Å². The van der Waals surface area contributed by atoms with Crippen LogP contribution in [0.1, 0.15) is 23.2 Å². The summed E-state index contributed by atoms with van der Waals surface area (Å²) in [5, 5.41) is 5.07. The Morgan fingerprint density at radius 2 is 2.04 bits per heavy atom. The van der Waals surface area contributed by atoms with Gasteiger partial charge in [-0.05, 0) is 18.6 Å². The Kier molecular flexibility index (Phi) is 3.68. The predicted molar refractivity (Wildman–Crippen MR) is 97.6 cm³/mol. The maximum absolute atomic E-state index is 13.2. The molecule has 7 heteroatoms. The number of fused-ring (bicyclic) bond motifs is 1. The molecule has 7 nitrogen and oxygen atoms in total. The highest BCUT2D eigenvalue weighted by Crippen LogP contribution is 2.19. The zero-order valence-electron chi connectivity index (χ0n) is 13.9. The van der Waals surface area contributed by atoms with Gasteiger partial charge in [0.25, 0.3) is 5.56 Å². The number of anilines is 1. The number of nitrogens with one attached hydrogen (secondary N) is 1. The number of nitrogen functional groups attached to an aromatic ring is 1. The van der Waals surface area contributed by atoms with Crippen molar-refractivity contribution in [1.82, 2.24) is 20.0 Å². The average Bonchev–Trinajstić information content (AvgIpc) is 3.13. The molecule has 0 radical (unpaired) electrons. The molecule has 0 saturated heterocycles. The molecule has 0 fully saturated rings. The van der Waals surface area contributed by atoms with Crippen LogP contribution in [0.15, 0.2) is 46.3 Å². The smallest absolute Gasteiger partial charge is 0.261 e. The van der Waals surface area contributed by atoms with Crippen molar-refractivity contribution in [2.75, 3.05) is 12.3 Å². The SMILES string of the molecule is Cc1nc(N)nc2c1cc(C1=NNCC1)c(=O)n2Cc1ccccc1. The fourth-order valence-corrected chi connectivity index (χ4v) is 3.11. The molecule has 25 heavy (non-hydrogen) atoms. The Morgan fingerprint density at radius 1 is 1.24 bits per heavy atom. The average molecular weight is 334 g/mol. The van der Waals surface area contributed by atoms with E-state index in [1.54, 1.807) is 4.57 Å². The molecule has 0 unspecified atom stereocenters. The number of hydrogen-bond donors (Lipinski definition) is 2. The topological polar surface area (TPSA) is 98.2 Å². The minimum atomic E-state index is -0.115. The van der Waals surface area contributed by atoms with E-state index >= 15 is 0 Å². The first-order valence-electron chi connectivity index (χ1n) is 8.15. The summed E-state index contributed by atoms with van der Waals surface area (Å²) in [5.74, 6) is 0.166. The number of benzene rings is 1. The van der Waals surface area contributed by atoms with Crippen LogP contribution in [0.2, 0.25) is 0 Å². The maximum atomic E-state index is 13.2. The third-order valence-electron chi connectivity index (χ3n) is 4.34. The molecule has 1 aliphatic rings. The van der Waals surface area contributed by atoms with Crippen LogP contribution in [0.3, 0.4) is 0 Å². The molecule has 3 heterocycles. The number of aryl methyl sites for hydroxylation is 1. The van der Waals surface area contributed by atoms with Crippen LogP contribution >= 0.6 is 0 Å². The van der Waals surface area contributed by atoms with E-state index in [1.807, 2.05) is 43.3 Å². The van der Waals surface area contributed by atoms with E-state index in [1.165, 1.54) is 0 Å². The Balaban J connectivity index is 2.00. The molecule has 3 aromatic rings. The third-order valence-corrected chi connectivity index (χ3v) is 4.34. The van der Waals surface area contributed by atoms with Gasteiger partial charge in [-0.3, -0.25) is 9.36 Å². The molecule has 2 aromatic heterocycles. The minimum Gasteiger partial charge on any atom is -0.368 e. The van der Waals surface area contributed by atoms with E-state index in [2.05, 4.69) is 20.5 Å². The van der Waals surface area contributed by atoms with Gasteiger partial charge < -0.3 is 11.2 Å². The molecule has 0 atom stereocenters. The van der Waals surface area contributed by atoms with E-state index in [4.69, 9.17) is 5.73 Å². The highest BCUT2D eigenvalue weighted by molar-refractivity contribution is 6.03. The molecule has 0 bridgehead atoms. The van der Waals surface area contributed by atoms with Gasteiger partial charge in [0.2, 0.25) is 5.95 Å².